The summed E-state index contributed by atoms with van der Waals surface area (Å²) in [6.07, 6.45) is 1.66. The van der Waals surface area contributed by atoms with E-state index < -0.39 is 12.0 Å². The van der Waals surface area contributed by atoms with Gasteiger partial charge >= 0.3 is 5.97 Å². The van der Waals surface area contributed by atoms with E-state index in [4.69, 9.17) is 18.9 Å². The van der Waals surface area contributed by atoms with Crippen LogP contribution in [0.1, 0.15) is 31.0 Å². The highest BCUT2D eigenvalue weighted by molar-refractivity contribution is 7.07. The van der Waals surface area contributed by atoms with E-state index in [0.29, 0.717) is 43.4 Å². The number of carbonyl (C=O) groups is 1. The van der Waals surface area contributed by atoms with Crippen molar-refractivity contribution in [1.82, 2.24) is 4.57 Å². The molecule has 2 aromatic carbocycles. The molecule has 1 N–H and O–H groups in total. The van der Waals surface area contributed by atoms with E-state index in [0.717, 1.165) is 0 Å². The number of ether oxygens (including phenoxy) is 4. The first-order valence-electron chi connectivity index (χ1n) is 11.1. The van der Waals surface area contributed by atoms with E-state index in [1.807, 2.05) is 0 Å². The number of nitrogens with zero attached hydrogens (tertiary/aromatic N) is 2. The van der Waals surface area contributed by atoms with Gasteiger partial charge in [-0.1, -0.05) is 17.4 Å². The van der Waals surface area contributed by atoms with Gasteiger partial charge in [-0.05, 0) is 55.8 Å². The van der Waals surface area contributed by atoms with Crippen molar-refractivity contribution in [1.29, 1.82) is 0 Å². The molecule has 0 aliphatic carbocycles. The molecule has 0 amide bonds. The molecule has 4 rings (SSSR count). The van der Waals surface area contributed by atoms with E-state index in [-0.39, 0.29) is 23.5 Å². The zero-order chi connectivity index (χ0) is 26.0. The maximum atomic E-state index is 13.7. The number of phenolic OH excluding ortho intramolecular Hbond substituents is 1. The number of hydrogen-bond donors (Lipinski definition) is 1. The molecule has 9 nitrogen and oxygen atoms in total. The van der Waals surface area contributed by atoms with Gasteiger partial charge in [-0.2, -0.15) is 0 Å². The SMILES string of the molecule is CCOC(=O)C1=C(C)N=c2s/c(=C\c3ccc(OC)c(O)c3)c(=O)n2[C@H]1c1cc(OC)ccc1OC. The van der Waals surface area contributed by atoms with Crippen LogP contribution in [0.25, 0.3) is 6.08 Å². The molecule has 0 saturated heterocycles. The van der Waals surface area contributed by atoms with E-state index in [1.54, 1.807) is 50.3 Å². The van der Waals surface area contributed by atoms with Crippen molar-refractivity contribution in [3.8, 4) is 23.0 Å². The predicted octanol–water partition coefficient (Wildman–Crippen LogP) is 2.53. The van der Waals surface area contributed by atoms with Crippen LogP contribution >= 0.6 is 11.3 Å². The Kier molecular flexibility index (Phi) is 7.16. The van der Waals surface area contributed by atoms with Gasteiger partial charge in [0.2, 0.25) is 0 Å². The zero-order valence-corrected chi connectivity index (χ0v) is 21.3. The number of thiazole rings is 1. The Morgan fingerprint density at radius 3 is 2.47 bits per heavy atom. The first-order chi connectivity index (χ1) is 17.3. The average Bonchev–Trinajstić information content (AvgIpc) is 3.17. The highest BCUT2D eigenvalue weighted by Crippen LogP contribution is 2.37. The lowest BCUT2D eigenvalue weighted by atomic mass is 9.94. The summed E-state index contributed by atoms with van der Waals surface area (Å²) in [5.74, 6) is 0.737. The lowest BCUT2D eigenvalue weighted by Gasteiger charge is -2.26. The van der Waals surface area contributed by atoms with Crippen LogP contribution in [0.4, 0.5) is 0 Å². The molecule has 0 fully saturated rings. The minimum atomic E-state index is -0.850. The molecule has 0 unspecified atom stereocenters. The fourth-order valence-electron chi connectivity index (χ4n) is 4.09. The number of phenols is 1. The summed E-state index contributed by atoms with van der Waals surface area (Å²) in [5.41, 5.74) is 1.50. The van der Waals surface area contributed by atoms with Gasteiger partial charge in [-0.3, -0.25) is 9.36 Å². The number of rotatable bonds is 7. The van der Waals surface area contributed by atoms with Gasteiger partial charge in [0.25, 0.3) is 5.56 Å². The van der Waals surface area contributed by atoms with E-state index in [2.05, 4.69) is 4.99 Å². The van der Waals surface area contributed by atoms with Crippen molar-refractivity contribution in [2.45, 2.75) is 19.9 Å². The van der Waals surface area contributed by atoms with Gasteiger partial charge in [0.05, 0.1) is 43.7 Å². The zero-order valence-electron chi connectivity index (χ0n) is 20.5. The van der Waals surface area contributed by atoms with Crippen molar-refractivity contribution in [3.05, 3.63) is 78.5 Å². The molecular formula is C26H26N2O7S. The number of hydrogen-bond acceptors (Lipinski definition) is 9. The molecule has 1 aliphatic heterocycles. The Morgan fingerprint density at radius 1 is 1.11 bits per heavy atom. The Labute approximate surface area is 211 Å². The van der Waals surface area contributed by atoms with Crippen molar-refractivity contribution >= 4 is 23.4 Å². The third-order valence-electron chi connectivity index (χ3n) is 5.75. The first-order valence-corrected chi connectivity index (χ1v) is 11.9. The second-order valence-corrected chi connectivity index (χ2v) is 8.85. The Balaban J connectivity index is 1.99. The number of benzene rings is 2. The third-order valence-corrected chi connectivity index (χ3v) is 6.73. The van der Waals surface area contributed by atoms with E-state index in [9.17, 15) is 14.7 Å². The molecule has 0 radical (unpaired) electrons. The molecule has 1 atom stereocenters. The summed E-state index contributed by atoms with van der Waals surface area (Å²) >= 11 is 1.18. The summed E-state index contributed by atoms with van der Waals surface area (Å²) in [5, 5.41) is 10.2. The van der Waals surface area contributed by atoms with Gasteiger partial charge in [-0.25, -0.2) is 9.79 Å². The third kappa shape index (κ3) is 4.47. The average molecular weight is 511 g/mol. The molecule has 188 valence electrons. The summed E-state index contributed by atoms with van der Waals surface area (Å²) in [6, 6.07) is 9.21. The van der Waals surface area contributed by atoms with Crippen LogP contribution in [-0.2, 0) is 9.53 Å². The first kappa shape index (κ1) is 25.1. The van der Waals surface area contributed by atoms with Gasteiger partial charge in [0, 0.05) is 5.56 Å². The largest absolute Gasteiger partial charge is 0.504 e. The van der Waals surface area contributed by atoms with Crippen molar-refractivity contribution < 1.29 is 28.8 Å². The number of allylic oxidation sites excluding steroid dienone is 1. The van der Waals surface area contributed by atoms with Crippen molar-refractivity contribution in [3.63, 3.8) is 0 Å². The van der Waals surface area contributed by atoms with Crippen LogP contribution in [-0.4, -0.2) is 43.6 Å². The molecular weight excluding hydrogens is 484 g/mol. The summed E-state index contributed by atoms with van der Waals surface area (Å²) in [6.45, 7) is 3.60. The second-order valence-electron chi connectivity index (χ2n) is 7.84. The Morgan fingerprint density at radius 2 is 1.83 bits per heavy atom. The number of aromatic hydroxyl groups is 1. The standard InChI is InChI=1S/C26H26N2O7S/c1-6-35-25(31)22-14(2)27-26-28(23(22)17-13-16(32-3)8-10-19(17)33-4)24(30)21(36-26)12-15-7-9-20(34-5)18(29)11-15/h7-13,23,29H,6H2,1-5H3/b21-12-/t23-/m0/s1. The monoisotopic (exact) mass is 510 g/mol. The van der Waals surface area contributed by atoms with Gasteiger partial charge in [0.1, 0.15) is 17.5 Å². The molecule has 36 heavy (non-hydrogen) atoms. The van der Waals surface area contributed by atoms with Crippen LogP contribution in [0.15, 0.2) is 57.5 Å². The summed E-state index contributed by atoms with van der Waals surface area (Å²) in [4.78, 5) is 31.8. The fourth-order valence-corrected chi connectivity index (χ4v) is 5.13. The van der Waals surface area contributed by atoms with Crippen LogP contribution in [0.3, 0.4) is 0 Å². The van der Waals surface area contributed by atoms with Crippen LogP contribution in [0, 0.1) is 0 Å². The number of carbonyl (C=O) groups excluding carboxylic acids is 1. The lowest BCUT2D eigenvalue weighted by Crippen LogP contribution is -2.40. The summed E-state index contributed by atoms with van der Waals surface area (Å²) < 4.78 is 23.3. The van der Waals surface area contributed by atoms with Crippen LogP contribution in [0.2, 0.25) is 0 Å². The maximum absolute atomic E-state index is 13.7. The van der Waals surface area contributed by atoms with E-state index >= 15 is 0 Å². The van der Waals surface area contributed by atoms with Crippen molar-refractivity contribution in [2.75, 3.05) is 27.9 Å². The summed E-state index contributed by atoms with van der Waals surface area (Å²) in [7, 11) is 4.52. The number of methoxy groups -OCH3 is 3. The van der Waals surface area contributed by atoms with Crippen LogP contribution in [0.5, 0.6) is 23.0 Å². The highest BCUT2D eigenvalue weighted by Gasteiger charge is 2.35. The second kappa shape index (κ2) is 10.3. The molecule has 1 aromatic heterocycles. The quantitative estimate of drug-likeness (QED) is 0.487. The molecule has 0 spiro atoms. The normalized spacial score (nSPS) is 15.2. The molecule has 10 heteroatoms. The Hall–Kier alpha value is -4.05. The Bertz CT molecular complexity index is 1530. The number of esters is 1. The molecule has 3 aromatic rings. The number of fused-ring (bicyclic) bond motifs is 1. The van der Waals surface area contributed by atoms with Gasteiger partial charge < -0.3 is 24.1 Å². The molecule has 2 heterocycles. The lowest BCUT2D eigenvalue weighted by molar-refractivity contribution is -0.139. The van der Waals surface area contributed by atoms with E-state index in [1.165, 1.54) is 43.3 Å². The van der Waals surface area contributed by atoms with Crippen molar-refractivity contribution in [2.24, 2.45) is 4.99 Å². The maximum Gasteiger partial charge on any atom is 0.338 e. The molecule has 1 aliphatic rings. The van der Waals surface area contributed by atoms with Gasteiger partial charge in [0.15, 0.2) is 16.3 Å². The number of aromatic nitrogens is 1. The predicted molar refractivity (Wildman–Crippen MR) is 135 cm³/mol. The fraction of sp³-hybridized carbons (Fsp3) is 0.269. The smallest absolute Gasteiger partial charge is 0.338 e. The molecule has 0 saturated carbocycles. The van der Waals surface area contributed by atoms with Gasteiger partial charge in [-0.15, -0.1) is 0 Å². The minimum absolute atomic E-state index is 0.0431. The minimum Gasteiger partial charge on any atom is -0.504 e. The van der Waals surface area contributed by atoms with Crippen LogP contribution < -0.4 is 29.1 Å². The molecule has 0 bridgehead atoms. The highest BCUT2D eigenvalue weighted by atomic mass is 32.1. The topological polar surface area (TPSA) is 109 Å².